The van der Waals surface area contributed by atoms with Gasteiger partial charge >= 0.3 is 30.8 Å². The first-order valence-corrected chi connectivity index (χ1v) is 10.8. The van der Waals surface area contributed by atoms with Gasteiger partial charge in [-0.3, -0.25) is 0 Å². The monoisotopic (exact) mass is 451 g/mol. The summed E-state index contributed by atoms with van der Waals surface area (Å²) in [5.74, 6) is -2.79. The molecular formula is C24H31FLiN3O4. The van der Waals surface area contributed by atoms with Crippen molar-refractivity contribution in [2.24, 2.45) is 0 Å². The fourth-order valence-electron chi connectivity index (χ4n) is 3.35. The average Bonchev–Trinajstić information content (AvgIpc) is 2.82. The molecule has 2 aliphatic rings. The number of para-hydroxylation sites is 1. The predicted molar refractivity (Wildman–Crippen MR) is 123 cm³/mol. The molecule has 4 rings (SSSR count). The van der Waals surface area contributed by atoms with Crippen LogP contribution in [0.15, 0.2) is 48.5 Å². The van der Waals surface area contributed by atoms with Crippen molar-refractivity contribution in [1.29, 1.82) is 0 Å². The number of hydrogen-bond acceptors (Lipinski definition) is 4. The predicted octanol–water partition coefficient (Wildman–Crippen LogP) is 1.21. The van der Waals surface area contributed by atoms with Crippen LogP contribution in [0.25, 0.3) is 5.32 Å². The molecule has 7 nitrogen and oxygen atoms in total. The van der Waals surface area contributed by atoms with E-state index in [0.29, 0.717) is 5.56 Å². The fourth-order valence-corrected chi connectivity index (χ4v) is 3.35. The number of carboxylic acids is 2. The minimum atomic E-state index is -1.24. The van der Waals surface area contributed by atoms with Crippen LogP contribution in [0.4, 0.5) is 10.1 Å². The largest absolute Gasteiger partial charge is 1.00 e. The molecule has 9 heteroatoms. The number of carbonyl (C=O) groups is 2. The molecule has 33 heavy (non-hydrogen) atoms. The molecule has 0 atom stereocenters. The van der Waals surface area contributed by atoms with E-state index in [0.717, 1.165) is 51.0 Å². The number of rotatable bonds is 3. The van der Waals surface area contributed by atoms with Gasteiger partial charge in [0.05, 0.1) is 16.8 Å². The van der Waals surface area contributed by atoms with Crippen molar-refractivity contribution in [3.8, 4) is 0 Å². The van der Waals surface area contributed by atoms with Gasteiger partial charge < -0.3 is 25.3 Å². The number of halogens is 1. The van der Waals surface area contributed by atoms with Crippen LogP contribution < -0.4 is 23.8 Å². The molecule has 0 saturated carbocycles. The summed E-state index contributed by atoms with van der Waals surface area (Å²) in [6.45, 7) is 5.99. The van der Waals surface area contributed by atoms with Crippen molar-refractivity contribution in [2.45, 2.75) is 19.3 Å². The molecule has 2 aliphatic heterocycles. The molecule has 0 bridgehead atoms. The van der Waals surface area contributed by atoms with Gasteiger partial charge in [-0.15, -0.1) is 13.1 Å². The number of nitrogens with zero attached hydrogens (tertiary/aromatic N) is 3. The van der Waals surface area contributed by atoms with Gasteiger partial charge in [-0.25, -0.2) is 14.0 Å². The number of aromatic carboxylic acids is 2. The molecule has 2 aromatic carbocycles. The third-order valence-electron chi connectivity index (χ3n) is 5.22. The van der Waals surface area contributed by atoms with E-state index in [4.69, 9.17) is 10.2 Å². The first-order chi connectivity index (χ1) is 15.4. The Labute approximate surface area is 206 Å². The Kier molecular flexibility index (Phi) is 13.4. The summed E-state index contributed by atoms with van der Waals surface area (Å²) < 4.78 is 12.5. The number of benzene rings is 2. The van der Waals surface area contributed by atoms with Gasteiger partial charge in [-0.1, -0.05) is 43.5 Å². The van der Waals surface area contributed by atoms with Gasteiger partial charge in [0.25, 0.3) is 0 Å². The molecule has 2 heterocycles. The summed E-state index contributed by atoms with van der Waals surface area (Å²) in [7, 11) is 2.08. The fraction of sp³-hybridized carbons (Fsp3) is 0.417. The van der Waals surface area contributed by atoms with Crippen molar-refractivity contribution < 1.29 is 43.1 Å². The summed E-state index contributed by atoms with van der Waals surface area (Å²) in [5, 5.41) is 21.6. The van der Waals surface area contributed by atoms with Gasteiger partial charge in [0.15, 0.2) is 0 Å². The van der Waals surface area contributed by atoms with Gasteiger partial charge in [-0.05, 0) is 31.3 Å². The Morgan fingerprint density at radius 1 is 0.818 bits per heavy atom. The molecule has 2 saturated heterocycles. The number of hydrogen-bond donors (Lipinski definition) is 2. The summed E-state index contributed by atoms with van der Waals surface area (Å²) in [6, 6.07) is 12.5. The van der Waals surface area contributed by atoms with E-state index < -0.39 is 17.8 Å². The number of piperidine rings is 1. The zero-order chi connectivity index (χ0) is 23.3. The third-order valence-corrected chi connectivity index (χ3v) is 5.22. The zero-order valence-electron chi connectivity index (χ0n) is 19.4. The second kappa shape index (κ2) is 15.5. The first-order valence-electron chi connectivity index (χ1n) is 10.8. The van der Waals surface area contributed by atoms with Crippen LogP contribution in [0.3, 0.4) is 0 Å². The molecular weight excluding hydrogens is 420 g/mol. The second-order valence-corrected chi connectivity index (χ2v) is 7.63. The van der Waals surface area contributed by atoms with E-state index in [1.807, 2.05) is 12.1 Å². The van der Waals surface area contributed by atoms with E-state index in [9.17, 15) is 14.0 Å². The van der Waals surface area contributed by atoms with Crippen LogP contribution in [0.5, 0.6) is 0 Å². The zero-order valence-corrected chi connectivity index (χ0v) is 19.4. The molecule has 0 unspecified atom stereocenters. The maximum atomic E-state index is 12.5. The van der Waals surface area contributed by atoms with Crippen LogP contribution >= 0.6 is 0 Å². The number of anilines is 1. The van der Waals surface area contributed by atoms with E-state index in [2.05, 4.69) is 22.2 Å². The third kappa shape index (κ3) is 9.97. The summed E-state index contributed by atoms with van der Waals surface area (Å²) in [5.41, 5.74) is 0.942. The summed E-state index contributed by atoms with van der Waals surface area (Å²) in [6.07, 6.45) is 4.07. The van der Waals surface area contributed by atoms with Gasteiger partial charge in [-0.2, -0.15) is 0 Å². The first kappa shape index (κ1) is 28.7. The maximum Gasteiger partial charge on any atom is 1.00 e. The maximum absolute atomic E-state index is 12.5. The van der Waals surface area contributed by atoms with Crippen molar-refractivity contribution >= 4 is 17.6 Å². The minimum absolute atomic E-state index is 0. The van der Waals surface area contributed by atoms with E-state index in [1.165, 1.54) is 37.5 Å². The van der Waals surface area contributed by atoms with Crippen LogP contribution in [0.2, 0.25) is 0 Å². The van der Waals surface area contributed by atoms with Crippen molar-refractivity contribution in [1.82, 2.24) is 4.90 Å². The van der Waals surface area contributed by atoms with E-state index in [1.54, 1.807) is 12.1 Å². The molecule has 2 fully saturated rings. The van der Waals surface area contributed by atoms with Gasteiger partial charge in [0, 0.05) is 26.2 Å². The standard InChI is InChI=1S/C12H16N2O2.C7H5FO2.C5H10N.Li/c1-13-6-8-14(9-7-13)11-5-3-2-4-10(11)12(15)16;8-6-4-2-1-3-5(6)7(9)10;1-2-4-6-5-3-1;/h2-5H,6-9H2,1H3,(H,15,16);1-4H,(H,9,10);1-5H2;/q;;-1;+1. The molecule has 0 radical (unpaired) electrons. The van der Waals surface area contributed by atoms with Gasteiger partial charge in [0.1, 0.15) is 5.82 Å². The number of piperazine rings is 1. The molecule has 2 N–H and O–H groups in total. The minimum Gasteiger partial charge on any atom is -0.662 e. The Morgan fingerprint density at radius 2 is 1.33 bits per heavy atom. The number of carboxylic acid groups (broad SMARTS) is 2. The Hall–Kier alpha value is -2.37. The van der Waals surface area contributed by atoms with Gasteiger partial charge in [0.2, 0.25) is 0 Å². The normalized spacial score (nSPS) is 15.6. The van der Waals surface area contributed by atoms with Crippen LogP contribution in [0.1, 0.15) is 40.0 Å². The molecule has 0 spiro atoms. The molecule has 0 amide bonds. The quantitative estimate of drug-likeness (QED) is 0.682. The van der Waals surface area contributed by atoms with Crippen molar-refractivity contribution in [3.63, 3.8) is 0 Å². The summed E-state index contributed by atoms with van der Waals surface area (Å²) >= 11 is 0. The Morgan fingerprint density at radius 3 is 1.76 bits per heavy atom. The smallest absolute Gasteiger partial charge is 0.662 e. The van der Waals surface area contributed by atoms with Crippen molar-refractivity contribution in [2.75, 3.05) is 51.2 Å². The van der Waals surface area contributed by atoms with Crippen LogP contribution in [-0.4, -0.2) is 73.4 Å². The van der Waals surface area contributed by atoms with Crippen molar-refractivity contribution in [3.05, 3.63) is 70.8 Å². The van der Waals surface area contributed by atoms with E-state index in [-0.39, 0.29) is 24.4 Å². The molecule has 2 aromatic rings. The summed E-state index contributed by atoms with van der Waals surface area (Å²) in [4.78, 5) is 25.7. The topological polar surface area (TPSA) is 95.2 Å². The SMILES string of the molecule is C1CC[N-]CC1.CN1CCN(c2ccccc2C(=O)O)CC1.O=C(O)c1ccccc1F.[Li+]. The second-order valence-electron chi connectivity index (χ2n) is 7.63. The number of likely N-dealkylation sites (N-methyl/N-ethyl adjacent to an activating group) is 1. The van der Waals surface area contributed by atoms with Crippen LogP contribution in [-0.2, 0) is 0 Å². The molecule has 0 aromatic heterocycles. The average molecular weight is 451 g/mol. The van der Waals surface area contributed by atoms with E-state index >= 15 is 0 Å². The Bertz CT molecular complexity index is 861. The Balaban J connectivity index is 0.000000273. The molecule has 174 valence electrons. The van der Waals surface area contributed by atoms with Crippen LogP contribution in [0, 0.1) is 5.82 Å². The molecule has 0 aliphatic carbocycles.